The standard InChI is InChI=1S/C17H23ClF2N2O2/c1-12(24-15-5-3-4-13(18)10-15)17(23)22-8-6-14(7-9-22)21(2)11-16(19)20/h3-5,10,12,14,16H,6-9,11H2,1-2H3/t12-/m0/s1. The van der Waals surface area contributed by atoms with E-state index in [2.05, 4.69) is 0 Å². The molecule has 1 atom stereocenters. The Balaban J connectivity index is 1.83. The first kappa shape index (κ1) is 18.9. The number of halogens is 3. The second kappa shape index (κ2) is 8.62. The monoisotopic (exact) mass is 360 g/mol. The summed E-state index contributed by atoms with van der Waals surface area (Å²) in [7, 11) is 1.71. The summed E-state index contributed by atoms with van der Waals surface area (Å²) in [6.45, 7) is 2.59. The molecular formula is C17H23ClF2N2O2. The van der Waals surface area contributed by atoms with Crippen LogP contribution in [0.3, 0.4) is 0 Å². The predicted octanol–water partition coefficient (Wildman–Crippen LogP) is 3.30. The van der Waals surface area contributed by atoms with E-state index >= 15 is 0 Å². The van der Waals surface area contributed by atoms with E-state index in [1.165, 1.54) is 0 Å². The van der Waals surface area contributed by atoms with Crippen molar-refractivity contribution in [1.82, 2.24) is 9.80 Å². The van der Waals surface area contributed by atoms with Crippen LogP contribution in [0.2, 0.25) is 5.02 Å². The minimum Gasteiger partial charge on any atom is -0.481 e. The van der Waals surface area contributed by atoms with E-state index in [9.17, 15) is 13.6 Å². The molecule has 7 heteroatoms. The molecule has 0 spiro atoms. The number of alkyl halides is 2. The van der Waals surface area contributed by atoms with Gasteiger partial charge in [0.2, 0.25) is 0 Å². The summed E-state index contributed by atoms with van der Waals surface area (Å²) in [6, 6.07) is 7.01. The highest BCUT2D eigenvalue weighted by molar-refractivity contribution is 6.30. The average Bonchev–Trinajstić information content (AvgIpc) is 2.53. The second-order valence-corrected chi connectivity index (χ2v) is 6.54. The highest BCUT2D eigenvalue weighted by atomic mass is 35.5. The third-order valence-electron chi connectivity index (χ3n) is 4.28. The van der Waals surface area contributed by atoms with Crippen molar-refractivity contribution in [2.24, 2.45) is 0 Å². The molecule has 0 bridgehead atoms. The van der Waals surface area contributed by atoms with Gasteiger partial charge in [-0.1, -0.05) is 17.7 Å². The molecular weight excluding hydrogens is 338 g/mol. The van der Waals surface area contributed by atoms with Gasteiger partial charge in [-0.15, -0.1) is 0 Å². The van der Waals surface area contributed by atoms with Crippen LogP contribution in [0.25, 0.3) is 0 Å². The molecule has 0 saturated carbocycles. The Bertz CT molecular complexity index is 551. The number of carbonyl (C=O) groups excluding carboxylic acids is 1. The quantitative estimate of drug-likeness (QED) is 0.780. The van der Waals surface area contributed by atoms with Crippen molar-refractivity contribution < 1.29 is 18.3 Å². The molecule has 1 aromatic carbocycles. The number of nitrogens with zero attached hydrogens (tertiary/aromatic N) is 2. The van der Waals surface area contributed by atoms with Gasteiger partial charge in [-0.2, -0.15) is 0 Å². The maximum absolute atomic E-state index is 12.5. The Labute approximate surface area is 146 Å². The molecule has 1 aliphatic heterocycles. The van der Waals surface area contributed by atoms with Gasteiger partial charge >= 0.3 is 0 Å². The van der Waals surface area contributed by atoms with Crippen LogP contribution in [0.1, 0.15) is 19.8 Å². The zero-order valence-corrected chi connectivity index (χ0v) is 14.7. The zero-order valence-electron chi connectivity index (χ0n) is 13.9. The molecule has 4 nitrogen and oxygen atoms in total. The number of benzene rings is 1. The van der Waals surface area contributed by atoms with Gasteiger partial charge in [0.15, 0.2) is 6.10 Å². The smallest absolute Gasteiger partial charge is 0.263 e. The van der Waals surface area contributed by atoms with Crippen molar-refractivity contribution in [3.8, 4) is 5.75 Å². The van der Waals surface area contributed by atoms with E-state index < -0.39 is 12.5 Å². The van der Waals surface area contributed by atoms with Crippen molar-refractivity contribution in [2.45, 2.75) is 38.3 Å². The van der Waals surface area contributed by atoms with Gasteiger partial charge in [-0.05, 0) is 45.0 Å². The van der Waals surface area contributed by atoms with Crippen LogP contribution in [-0.4, -0.2) is 61.0 Å². The number of rotatable bonds is 6. The molecule has 0 aliphatic carbocycles. The van der Waals surface area contributed by atoms with Crippen LogP contribution >= 0.6 is 11.6 Å². The third-order valence-corrected chi connectivity index (χ3v) is 4.52. The SMILES string of the molecule is C[C@H](Oc1cccc(Cl)c1)C(=O)N1CCC(N(C)CC(F)F)CC1. The fraction of sp³-hybridized carbons (Fsp3) is 0.588. The summed E-state index contributed by atoms with van der Waals surface area (Å²) in [5.74, 6) is 0.458. The molecule has 1 aromatic rings. The minimum absolute atomic E-state index is 0.0900. The van der Waals surface area contributed by atoms with Crippen LogP contribution in [0.4, 0.5) is 8.78 Å². The molecule has 1 saturated heterocycles. The molecule has 134 valence electrons. The zero-order chi connectivity index (χ0) is 17.7. The lowest BCUT2D eigenvalue weighted by Gasteiger charge is -2.37. The molecule has 1 heterocycles. The fourth-order valence-electron chi connectivity index (χ4n) is 2.95. The summed E-state index contributed by atoms with van der Waals surface area (Å²) in [5.41, 5.74) is 0. The van der Waals surface area contributed by atoms with Gasteiger partial charge in [0, 0.05) is 24.2 Å². The fourth-order valence-corrected chi connectivity index (χ4v) is 3.13. The highest BCUT2D eigenvalue weighted by Gasteiger charge is 2.29. The van der Waals surface area contributed by atoms with Crippen LogP contribution in [0.5, 0.6) is 5.75 Å². The first-order valence-corrected chi connectivity index (χ1v) is 8.44. The molecule has 1 aliphatic rings. The van der Waals surface area contributed by atoms with Crippen LogP contribution in [0, 0.1) is 0 Å². The van der Waals surface area contributed by atoms with Crippen LogP contribution < -0.4 is 4.74 Å². The van der Waals surface area contributed by atoms with E-state index in [-0.39, 0.29) is 18.5 Å². The number of piperidine rings is 1. The third kappa shape index (κ3) is 5.31. The molecule has 1 fully saturated rings. The summed E-state index contributed by atoms with van der Waals surface area (Å²) >= 11 is 5.90. The lowest BCUT2D eigenvalue weighted by molar-refractivity contribution is -0.139. The van der Waals surface area contributed by atoms with Gasteiger partial charge in [0.1, 0.15) is 5.75 Å². The maximum atomic E-state index is 12.5. The topological polar surface area (TPSA) is 32.8 Å². The summed E-state index contributed by atoms with van der Waals surface area (Å²) < 4.78 is 30.6. The highest BCUT2D eigenvalue weighted by Crippen LogP contribution is 2.21. The number of hydrogen-bond acceptors (Lipinski definition) is 3. The molecule has 0 radical (unpaired) electrons. The van der Waals surface area contributed by atoms with Crippen LogP contribution in [0.15, 0.2) is 24.3 Å². The largest absolute Gasteiger partial charge is 0.481 e. The summed E-state index contributed by atoms with van der Waals surface area (Å²) in [5, 5.41) is 0.551. The summed E-state index contributed by atoms with van der Waals surface area (Å²) in [6.07, 6.45) is -1.56. The maximum Gasteiger partial charge on any atom is 0.263 e. The molecule has 1 amide bonds. The van der Waals surface area contributed by atoms with E-state index in [0.717, 1.165) is 0 Å². The van der Waals surface area contributed by atoms with Crippen molar-refractivity contribution >= 4 is 17.5 Å². The van der Waals surface area contributed by atoms with Crippen molar-refractivity contribution in [3.63, 3.8) is 0 Å². The van der Waals surface area contributed by atoms with Crippen molar-refractivity contribution in [3.05, 3.63) is 29.3 Å². The number of hydrogen-bond donors (Lipinski definition) is 0. The van der Waals surface area contributed by atoms with Crippen molar-refractivity contribution in [2.75, 3.05) is 26.7 Å². The van der Waals surface area contributed by atoms with Gasteiger partial charge in [-0.3, -0.25) is 9.69 Å². The first-order chi connectivity index (χ1) is 11.4. The Morgan fingerprint density at radius 3 is 2.67 bits per heavy atom. The number of amides is 1. The van der Waals surface area contributed by atoms with Gasteiger partial charge < -0.3 is 9.64 Å². The van der Waals surface area contributed by atoms with Crippen molar-refractivity contribution in [1.29, 1.82) is 0 Å². The predicted molar refractivity (Wildman–Crippen MR) is 89.8 cm³/mol. The number of ether oxygens (including phenoxy) is 1. The van der Waals surface area contributed by atoms with Gasteiger partial charge in [0.05, 0.1) is 6.54 Å². The molecule has 0 unspecified atom stereocenters. The molecule has 24 heavy (non-hydrogen) atoms. The minimum atomic E-state index is -2.33. The van der Waals surface area contributed by atoms with Crippen LogP contribution in [-0.2, 0) is 4.79 Å². The first-order valence-electron chi connectivity index (χ1n) is 8.06. The van der Waals surface area contributed by atoms with E-state index in [1.807, 2.05) is 0 Å². The molecule has 0 N–H and O–H groups in total. The lowest BCUT2D eigenvalue weighted by atomic mass is 10.0. The normalized spacial score (nSPS) is 17.4. The van der Waals surface area contributed by atoms with E-state index in [1.54, 1.807) is 48.0 Å². The molecule has 2 rings (SSSR count). The Morgan fingerprint density at radius 1 is 1.42 bits per heavy atom. The van der Waals surface area contributed by atoms with Gasteiger partial charge in [0.25, 0.3) is 12.3 Å². The Morgan fingerprint density at radius 2 is 2.08 bits per heavy atom. The number of carbonyl (C=O) groups is 1. The number of likely N-dealkylation sites (tertiary alicyclic amines) is 1. The molecule has 0 aromatic heterocycles. The lowest BCUT2D eigenvalue weighted by Crippen LogP contribution is -2.49. The Kier molecular flexibility index (Phi) is 6.80. The summed E-state index contributed by atoms with van der Waals surface area (Å²) in [4.78, 5) is 15.9. The second-order valence-electron chi connectivity index (χ2n) is 6.10. The Hall–Kier alpha value is -1.40. The van der Waals surface area contributed by atoms with E-state index in [0.29, 0.717) is 36.7 Å². The average molecular weight is 361 g/mol. The van der Waals surface area contributed by atoms with Gasteiger partial charge in [-0.25, -0.2) is 8.78 Å². The van der Waals surface area contributed by atoms with E-state index in [4.69, 9.17) is 16.3 Å².